The Balaban J connectivity index is 2.64. The van der Waals surface area contributed by atoms with Crippen molar-refractivity contribution in [2.75, 3.05) is 12.4 Å². The summed E-state index contributed by atoms with van der Waals surface area (Å²) in [4.78, 5) is 0.318. The molecule has 5 heteroatoms. The molecule has 0 saturated heterocycles. The Hall–Kier alpha value is -0.580. The van der Waals surface area contributed by atoms with E-state index in [1.54, 1.807) is 18.2 Å². The molecule has 0 fully saturated rings. The highest BCUT2D eigenvalue weighted by Gasteiger charge is 2.12. The molecule has 1 N–H and O–H groups in total. The minimum Gasteiger partial charge on any atom is -0.211 e. The summed E-state index contributed by atoms with van der Waals surface area (Å²) in [7, 11) is -3.36. The zero-order chi connectivity index (χ0) is 12.0. The van der Waals surface area contributed by atoms with Gasteiger partial charge in [-0.3, -0.25) is 0 Å². The van der Waals surface area contributed by atoms with Gasteiger partial charge in [0, 0.05) is 12.4 Å². The molecule has 1 aromatic carbocycles. The second-order valence-corrected chi connectivity index (χ2v) is 5.76. The monoisotopic (exact) mass is 261 g/mol. The van der Waals surface area contributed by atoms with Crippen LogP contribution in [0.2, 0.25) is 0 Å². The molecular formula is C11H16ClNO2S. The third kappa shape index (κ3) is 4.12. The Morgan fingerprint density at radius 3 is 2.69 bits per heavy atom. The van der Waals surface area contributed by atoms with Gasteiger partial charge in [0.05, 0.1) is 4.90 Å². The topological polar surface area (TPSA) is 46.2 Å². The van der Waals surface area contributed by atoms with E-state index in [0.29, 0.717) is 17.3 Å². The summed E-state index contributed by atoms with van der Waals surface area (Å²) in [6.07, 6.45) is 1.58. The van der Waals surface area contributed by atoms with Crippen molar-refractivity contribution in [1.82, 2.24) is 4.72 Å². The molecule has 0 aliphatic rings. The van der Waals surface area contributed by atoms with Crippen LogP contribution in [0, 0.1) is 6.92 Å². The first kappa shape index (κ1) is 13.5. The predicted molar refractivity (Wildman–Crippen MR) is 66.3 cm³/mol. The first-order chi connectivity index (χ1) is 7.56. The molecule has 0 unspecified atom stereocenters. The Kier molecular flexibility index (Phi) is 5.25. The van der Waals surface area contributed by atoms with Gasteiger partial charge in [0.1, 0.15) is 0 Å². The van der Waals surface area contributed by atoms with Crippen LogP contribution in [0.4, 0.5) is 0 Å². The van der Waals surface area contributed by atoms with Crippen LogP contribution in [-0.4, -0.2) is 20.8 Å². The van der Waals surface area contributed by atoms with Gasteiger partial charge in [0.2, 0.25) is 10.0 Å². The summed E-state index contributed by atoms with van der Waals surface area (Å²) >= 11 is 5.51. The van der Waals surface area contributed by atoms with E-state index in [9.17, 15) is 8.42 Å². The molecule has 0 heterocycles. The zero-order valence-corrected chi connectivity index (χ0v) is 10.8. The van der Waals surface area contributed by atoms with Crippen molar-refractivity contribution in [2.24, 2.45) is 0 Å². The first-order valence-electron chi connectivity index (χ1n) is 5.18. The Labute approximate surface area is 102 Å². The van der Waals surface area contributed by atoms with Crippen molar-refractivity contribution in [1.29, 1.82) is 0 Å². The highest BCUT2D eigenvalue weighted by Crippen LogP contribution is 2.10. The van der Waals surface area contributed by atoms with Crippen LogP contribution in [0.5, 0.6) is 0 Å². The molecule has 0 bridgehead atoms. The molecule has 1 aromatic rings. The maximum absolute atomic E-state index is 11.8. The van der Waals surface area contributed by atoms with Gasteiger partial charge in [-0.25, -0.2) is 13.1 Å². The minimum atomic E-state index is -3.36. The van der Waals surface area contributed by atoms with Crippen molar-refractivity contribution in [2.45, 2.75) is 24.7 Å². The van der Waals surface area contributed by atoms with Crippen molar-refractivity contribution >= 4 is 21.6 Å². The number of sulfonamides is 1. The molecular weight excluding hydrogens is 246 g/mol. The molecule has 3 nitrogen and oxygen atoms in total. The average molecular weight is 262 g/mol. The summed E-state index contributed by atoms with van der Waals surface area (Å²) in [5.74, 6) is 0.562. The van der Waals surface area contributed by atoms with E-state index < -0.39 is 10.0 Å². The molecule has 0 atom stereocenters. The molecule has 0 amide bonds. The molecule has 0 radical (unpaired) electrons. The number of nitrogens with one attached hydrogen (secondary N) is 1. The normalized spacial score (nSPS) is 11.6. The van der Waals surface area contributed by atoms with Gasteiger partial charge in [-0.05, 0) is 37.5 Å². The van der Waals surface area contributed by atoms with Crippen molar-refractivity contribution in [3.8, 4) is 0 Å². The molecule has 0 aliphatic carbocycles. The van der Waals surface area contributed by atoms with Crippen molar-refractivity contribution in [3.63, 3.8) is 0 Å². The van der Waals surface area contributed by atoms with Crippen LogP contribution in [0.1, 0.15) is 18.4 Å². The Bertz CT molecular complexity index is 431. The third-order valence-corrected chi connectivity index (χ3v) is 3.88. The van der Waals surface area contributed by atoms with Gasteiger partial charge < -0.3 is 0 Å². The highest BCUT2D eigenvalue weighted by molar-refractivity contribution is 7.89. The SMILES string of the molecule is Cc1cccc(S(=O)(=O)NCCCCCl)c1. The minimum absolute atomic E-state index is 0.318. The average Bonchev–Trinajstić information content (AvgIpc) is 2.24. The summed E-state index contributed by atoms with van der Waals surface area (Å²) in [6.45, 7) is 2.30. The number of hydrogen-bond acceptors (Lipinski definition) is 2. The predicted octanol–water partition coefficient (Wildman–Crippen LogP) is 2.29. The fraction of sp³-hybridized carbons (Fsp3) is 0.455. The van der Waals surface area contributed by atoms with Crippen molar-refractivity contribution in [3.05, 3.63) is 29.8 Å². The van der Waals surface area contributed by atoms with Crippen LogP contribution in [0.15, 0.2) is 29.2 Å². The smallest absolute Gasteiger partial charge is 0.211 e. The van der Waals surface area contributed by atoms with E-state index in [1.807, 2.05) is 13.0 Å². The molecule has 0 spiro atoms. The quantitative estimate of drug-likeness (QED) is 0.631. The van der Waals surface area contributed by atoms with Crippen LogP contribution >= 0.6 is 11.6 Å². The third-order valence-electron chi connectivity index (χ3n) is 2.15. The fourth-order valence-electron chi connectivity index (χ4n) is 1.29. The van der Waals surface area contributed by atoms with E-state index in [1.165, 1.54) is 0 Å². The van der Waals surface area contributed by atoms with Gasteiger partial charge >= 0.3 is 0 Å². The number of halogens is 1. The maximum atomic E-state index is 11.8. The van der Waals surface area contributed by atoms with Crippen molar-refractivity contribution < 1.29 is 8.42 Å². The lowest BCUT2D eigenvalue weighted by molar-refractivity contribution is 0.578. The molecule has 0 aromatic heterocycles. The summed E-state index contributed by atoms with van der Waals surface area (Å²) in [5, 5.41) is 0. The van der Waals surface area contributed by atoms with Crippen LogP contribution < -0.4 is 4.72 Å². The molecule has 0 aliphatic heterocycles. The van der Waals surface area contributed by atoms with Gasteiger partial charge in [0.15, 0.2) is 0 Å². The van der Waals surface area contributed by atoms with Crippen LogP contribution in [0.3, 0.4) is 0 Å². The molecule has 90 valence electrons. The second kappa shape index (κ2) is 6.23. The van der Waals surface area contributed by atoms with Crippen LogP contribution in [0.25, 0.3) is 0 Å². The lowest BCUT2D eigenvalue weighted by Gasteiger charge is -2.06. The number of unbranched alkanes of at least 4 members (excludes halogenated alkanes) is 1. The number of rotatable bonds is 6. The Morgan fingerprint density at radius 1 is 1.31 bits per heavy atom. The maximum Gasteiger partial charge on any atom is 0.240 e. The molecule has 0 saturated carbocycles. The standard InChI is InChI=1S/C11H16ClNO2S/c1-10-5-4-6-11(9-10)16(14,15)13-8-3-2-7-12/h4-6,9,13H,2-3,7-8H2,1H3. The molecule has 1 rings (SSSR count). The number of benzene rings is 1. The van der Waals surface area contributed by atoms with Gasteiger partial charge in [-0.15, -0.1) is 11.6 Å². The zero-order valence-electron chi connectivity index (χ0n) is 9.24. The number of hydrogen-bond donors (Lipinski definition) is 1. The van der Waals surface area contributed by atoms with Gasteiger partial charge in [-0.2, -0.15) is 0 Å². The highest BCUT2D eigenvalue weighted by atomic mass is 35.5. The Morgan fingerprint density at radius 2 is 2.06 bits per heavy atom. The largest absolute Gasteiger partial charge is 0.240 e. The lowest BCUT2D eigenvalue weighted by Crippen LogP contribution is -2.24. The van der Waals surface area contributed by atoms with E-state index in [2.05, 4.69) is 4.72 Å². The fourth-order valence-corrected chi connectivity index (χ4v) is 2.66. The van der Waals surface area contributed by atoms with E-state index in [-0.39, 0.29) is 0 Å². The van der Waals surface area contributed by atoms with Gasteiger partial charge in [-0.1, -0.05) is 12.1 Å². The van der Waals surface area contributed by atoms with Crippen LogP contribution in [-0.2, 0) is 10.0 Å². The number of aryl methyl sites for hydroxylation is 1. The summed E-state index contributed by atoms with van der Waals surface area (Å²) in [6, 6.07) is 6.86. The first-order valence-corrected chi connectivity index (χ1v) is 7.20. The summed E-state index contributed by atoms with van der Waals surface area (Å²) < 4.78 is 26.2. The van der Waals surface area contributed by atoms with E-state index in [0.717, 1.165) is 18.4 Å². The molecule has 16 heavy (non-hydrogen) atoms. The van der Waals surface area contributed by atoms with Gasteiger partial charge in [0.25, 0.3) is 0 Å². The van der Waals surface area contributed by atoms with E-state index in [4.69, 9.17) is 11.6 Å². The summed E-state index contributed by atoms with van der Waals surface area (Å²) in [5.41, 5.74) is 0.934. The number of alkyl halides is 1. The lowest BCUT2D eigenvalue weighted by atomic mass is 10.2. The second-order valence-electron chi connectivity index (χ2n) is 3.61. The van der Waals surface area contributed by atoms with E-state index >= 15 is 0 Å².